The summed E-state index contributed by atoms with van der Waals surface area (Å²) in [4.78, 5) is 0. The number of hydrogen-bond acceptors (Lipinski definition) is 5. The van der Waals surface area contributed by atoms with Crippen molar-refractivity contribution < 1.29 is 4.74 Å². The van der Waals surface area contributed by atoms with Gasteiger partial charge in [-0.05, 0) is 17.7 Å². The maximum Gasteiger partial charge on any atom is 0.133 e. The Labute approximate surface area is 106 Å². The number of rotatable bonds is 4. The largest absolute Gasteiger partial charge is 0.388 e. The van der Waals surface area contributed by atoms with E-state index in [-0.39, 0.29) is 0 Å². The Morgan fingerprint density at radius 3 is 2.94 bits per heavy atom. The topological polar surface area (TPSA) is 61.0 Å². The summed E-state index contributed by atoms with van der Waals surface area (Å²) in [5.74, 6) is 0. The van der Waals surface area contributed by atoms with E-state index in [1.807, 2.05) is 24.3 Å². The van der Waals surface area contributed by atoms with Crippen molar-refractivity contribution in [3.8, 4) is 0 Å². The zero-order valence-electron chi connectivity index (χ0n) is 8.39. The fraction of sp³-hybridized carbons (Fsp3) is 0.200. The highest BCUT2D eigenvalue weighted by Crippen LogP contribution is 2.15. The molecule has 2 aromatic rings. The molecule has 0 unspecified atom stereocenters. The third-order valence-electron chi connectivity index (χ3n) is 1.98. The molecule has 0 aliphatic carbocycles. The van der Waals surface area contributed by atoms with Crippen molar-refractivity contribution >= 4 is 32.5 Å². The summed E-state index contributed by atoms with van der Waals surface area (Å²) in [6.45, 7) is 0.936. The van der Waals surface area contributed by atoms with Gasteiger partial charge in [0, 0.05) is 16.0 Å². The second kappa shape index (κ2) is 5.38. The molecule has 0 atom stereocenters. The zero-order valence-corrected chi connectivity index (χ0v) is 10.8. The quantitative estimate of drug-likeness (QED) is 0.943. The summed E-state index contributed by atoms with van der Waals surface area (Å²) >= 11 is 4.59. The lowest BCUT2D eigenvalue weighted by Gasteiger charge is -2.03. The van der Waals surface area contributed by atoms with Gasteiger partial charge in [0.25, 0.3) is 0 Å². The molecule has 0 spiro atoms. The highest BCUT2D eigenvalue weighted by Gasteiger charge is 2.03. The first-order valence-corrected chi connectivity index (χ1v) is 6.21. The van der Waals surface area contributed by atoms with E-state index in [0.717, 1.165) is 10.0 Å². The number of nitrogens with two attached hydrogens (primary N) is 1. The summed E-state index contributed by atoms with van der Waals surface area (Å²) in [6, 6.07) is 7.98. The van der Waals surface area contributed by atoms with Crippen molar-refractivity contribution in [3.63, 3.8) is 0 Å². The predicted octanol–water partition coefficient (Wildman–Crippen LogP) is 2.60. The molecule has 0 radical (unpaired) electrons. The number of ether oxygens (including phenoxy) is 1. The van der Waals surface area contributed by atoms with Crippen molar-refractivity contribution in [1.82, 2.24) is 9.59 Å². The Bertz CT molecular complexity index is 475. The van der Waals surface area contributed by atoms with Crippen LogP contribution in [0, 0.1) is 0 Å². The van der Waals surface area contributed by atoms with Gasteiger partial charge in [-0.25, -0.2) is 0 Å². The summed E-state index contributed by atoms with van der Waals surface area (Å²) in [6.07, 6.45) is 0. The van der Waals surface area contributed by atoms with Crippen LogP contribution in [0.4, 0.5) is 5.00 Å². The van der Waals surface area contributed by atoms with E-state index in [2.05, 4.69) is 25.5 Å². The third kappa shape index (κ3) is 3.01. The van der Waals surface area contributed by atoms with Crippen LogP contribution in [-0.2, 0) is 18.0 Å². The van der Waals surface area contributed by atoms with E-state index in [9.17, 15) is 0 Å². The van der Waals surface area contributed by atoms with E-state index in [1.165, 1.54) is 11.5 Å². The Morgan fingerprint density at radius 1 is 1.38 bits per heavy atom. The fourth-order valence-electron chi connectivity index (χ4n) is 1.21. The van der Waals surface area contributed by atoms with Crippen LogP contribution in [0.25, 0.3) is 0 Å². The number of aromatic nitrogens is 2. The van der Waals surface area contributed by atoms with Crippen LogP contribution >= 0.6 is 27.5 Å². The normalized spacial score (nSPS) is 10.6. The first-order chi connectivity index (χ1) is 7.75. The van der Waals surface area contributed by atoms with Gasteiger partial charge < -0.3 is 10.5 Å². The second-order valence-electron chi connectivity index (χ2n) is 3.21. The van der Waals surface area contributed by atoms with Crippen LogP contribution < -0.4 is 5.73 Å². The van der Waals surface area contributed by atoms with Crippen LogP contribution in [-0.4, -0.2) is 9.59 Å². The summed E-state index contributed by atoms with van der Waals surface area (Å²) in [7, 11) is 0. The molecule has 0 fully saturated rings. The van der Waals surface area contributed by atoms with E-state index >= 15 is 0 Å². The minimum Gasteiger partial charge on any atom is -0.388 e. The van der Waals surface area contributed by atoms with E-state index in [1.54, 1.807) is 0 Å². The molecule has 84 valence electrons. The van der Waals surface area contributed by atoms with Gasteiger partial charge in [0.15, 0.2) is 0 Å². The molecule has 1 heterocycles. The summed E-state index contributed by atoms with van der Waals surface area (Å²) in [5.41, 5.74) is 7.47. The van der Waals surface area contributed by atoms with Gasteiger partial charge in [0.2, 0.25) is 0 Å². The van der Waals surface area contributed by atoms with Gasteiger partial charge in [0.1, 0.15) is 10.7 Å². The minimum absolute atomic E-state index is 0.398. The van der Waals surface area contributed by atoms with Crippen LogP contribution in [0.2, 0.25) is 0 Å². The molecule has 0 bridgehead atoms. The van der Waals surface area contributed by atoms with Gasteiger partial charge in [-0.15, -0.1) is 5.10 Å². The first-order valence-electron chi connectivity index (χ1n) is 4.64. The maximum atomic E-state index is 5.65. The lowest BCUT2D eigenvalue weighted by Crippen LogP contribution is -1.97. The monoisotopic (exact) mass is 299 g/mol. The molecule has 4 nitrogen and oxygen atoms in total. The van der Waals surface area contributed by atoms with Gasteiger partial charge >= 0.3 is 0 Å². The van der Waals surface area contributed by atoms with Crippen molar-refractivity contribution in [1.29, 1.82) is 0 Å². The highest BCUT2D eigenvalue weighted by molar-refractivity contribution is 9.10. The van der Waals surface area contributed by atoms with Crippen molar-refractivity contribution in [2.45, 2.75) is 13.2 Å². The Morgan fingerprint density at radius 2 is 2.25 bits per heavy atom. The average molecular weight is 300 g/mol. The standard InChI is InChI=1S/C10H10BrN3OS/c11-8-3-1-2-7(4-8)5-15-6-9-10(12)16-14-13-9/h1-4H,5-6,12H2. The van der Waals surface area contributed by atoms with Gasteiger partial charge in [-0.3, -0.25) is 0 Å². The van der Waals surface area contributed by atoms with E-state index in [4.69, 9.17) is 10.5 Å². The number of benzene rings is 1. The molecular weight excluding hydrogens is 290 g/mol. The molecular formula is C10H10BrN3OS. The van der Waals surface area contributed by atoms with Gasteiger partial charge in [-0.1, -0.05) is 32.6 Å². The molecule has 0 amide bonds. The number of anilines is 1. The Kier molecular flexibility index (Phi) is 3.87. The van der Waals surface area contributed by atoms with Crippen LogP contribution in [0.3, 0.4) is 0 Å². The molecule has 16 heavy (non-hydrogen) atoms. The van der Waals surface area contributed by atoms with Crippen molar-refractivity contribution in [3.05, 3.63) is 40.0 Å². The molecule has 6 heteroatoms. The SMILES string of the molecule is Nc1snnc1COCc1cccc(Br)c1. The second-order valence-corrected chi connectivity index (χ2v) is 4.91. The van der Waals surface area contributed by atoms with E-state index < -0.39 is 0 Å². The van der Waals surface area contributed by atoms with Crippen molar-refractivity contribution in [2.24, 2.45) is 0 Å². The van der Waals surface area contributed by atoms with Crippen LogP contribution in [0.1, 0.15) is 11.3 Å². The number of hydrogen-bond donors (Lipinski definition) is 1. The molecule has 0 saturated heterocycles. The number of nitrogen functional groups attached to an aromatic ring is 1. The number of halogens is 1. The smallest absolute Gasteiger partial charge is 0.133 e. The molecule has 1 aromatic carbocycles. The van der Waals surface area contributed by atoms with Crippen LogP contribution in [0.15, 0.2) is 28.7 Å². The summed E-state index contributed by atoms with van der Waals surface area (Å²) in [5, 5.41) is 4.49. The molecule has 0 aliphatic heterocycles. The highest BCUT2D eigenvalue weighted by atomic mass is 79.9. The van der Waals surface area contributed by atoms with Gasteiger partial charge in [0.05, 0.1) is 13.2 Å². The Hall–Kier alpha value is -0.980. The van der Waals surface area contributed by atoms with Crippen molar-refractivity contribution in [2.75, 3.05) is 5.73 Å². The molecule has 2 rings (SSSR count). The lowest BCUT2D eigenvalue weighted by molar-refractivity contribution is 0.105. The minimum atomic E-state index is 0.398. The fourth-order valence-corrected chi connectivity index (χ4v) is 2.09. The first kappa shape index (κ1) is 11.5. The zero-order chi connectivity index (χ0) is 11.4. The van der Waals surface area contributed by atoms with E-state index in [0.29, 0.717) is 23.9 Å². The Balaban J connectivity index is 1.87. The third-order valence-corrected chi connectivity index (χ3v) is 3.07. The average Bonchev–Trinajstić information content (AvgIpc) is 2.65. The predicted molar refractivity (Wildman–Crippen MR) is 67.0 cm³/mol. The summed E-state index contributed by atoms with van der Waals surface area (Å²) < 4.78 is 10.3. The van der Waals surface area contributed by atoms with Crippen LogP contribution in [0.5, 0.6) is 0 Å². The molecule has 2 N–H and O–H groups in total. The molecule has 1 aromatic heterocycles. The van der Waals surface area contributed by atoms with Gasteiger partial charge in [-0.2, -0.15) is 0 Å². The number of nitrogens with zero attached hydrogens (tertiary/aromatic N) is 2. The lowest BCUT2D eigenvalue weighted by atomic mass is 10.2. The molecule has 0 saturated carbocycles. The maximum absolute atomic E-state index is 5.65. The molecule has 0 aliphatic rings.